The van der Waals surface area contributed by atoms with Crippen LogP contribution >= 0.6 is 0 Å². The summed E-state index contributed by atoms with van der Waals surface area (Å²) in [6.07, 6.45) is -10.9. The Kier molecular flexibility index (Phi) is 9.24. The number of rotatable bonds is 7. The van der Waals surface area contributed by atoms with Crippen LogP contribution in [0.1, 0.15) is 44.2 Å². The first-order valence-corrected chi connectivity index (χ1v) is 16.6. The fourth-order valence-corrected chi connectivity index (χ4v) is 7.88. The molecule has 4 aromatic rings. The van der Waals surface area contributed by atoms with Gasteiger partial charge < -0.3 is 19.7 Å². The molecule has 1 aromatic heterocycles. The Hall–Kier alpha value is -4.43. The summed E-state index contributed by atoms with van der Waals surface area (Å²) in [5, 5.41) is 12.6. The van der Waals surface area contributed by atoms with Gasteiger partial charge in [0.25, 0.3) is 5.56 Å². The molecule has 2 aliphatic heterocycles. The number of carboxylic acids is 1. The summed E-state index contributed by atoms with van der Waals surface area (Å²) in [6.45, 7) is 4.13. The number of carboxylic acid groups (broad SMARTS) is 1. The average Bonchev–Trinajstić information content (AvgIpc) is 3.43. The van der Waals surface area contributed by atoms with Gasteiger partial charge in [-0.2, -0.15) is 26.3 Å². The van der Waals surface area contributed by atoms with Crippen LogP contribution in [-0.2, 0) is 34.0 Å². The monoisotopic (exact) mass is 717 g/mol. The number of aromatic nitrogens is 1. The molecule has 2 atom stereocenters. The van der Waals surface area contributed by atoms with Crippen molar-refractivity contribution >= 4 is 33.6 Å². The van der Waals surface area contributed by atoms with Crippen LogP contribution in [0.5, 0.6) is 0 Å². The van der Waals surface area contributed by atoms with Crippen molar-refractivity contribution in [2.45, 2.75) is 69.6 Å². The fraction of sp³-hybridized carbons (Fsp3) is 0.432. The molecular formula is C37H37F6N3O5. The van der Waals surface area contributed by atoms with Gasteiger partial charge in [-0.1, -0.05) is 54.6 Å². The highest BCUT2D eigenvalue weighted by Crippen LogP contribution is 2.48. The molecule has 2 fully saturated rings. The van der Waals surface area contributed by atoms with Crippen LogP contribution in [0.25, 0.3) is 32.8 Å². The summed E-state index contributed by atoms with van der Waals surface area (Å²) in [6, 6.07) is 12.5. The first-order chi connectivity index (χ1) is 23.9. The molecule has 2 N–H and O–H groups in total. The third-order valence-corrected chi connectivity index (χ3v) is 10.6. The Morgan fingerprint density at radius 1 is 0.941 bits per heavy atom. The minimum Gasteiger partial charge on any atom is -0.480 e. The number of nitrogens with one attached hydrogen (secondary N) is 1. The summed E-state index contributed by atoms with van der Waals surface area (Å²) in [4.78, 5) is 41.5. The molecule has 0 bridgehead atoms. The lowest BCUT2D eigenvalue weighted by molar-refractivity contribution is -0.235. The first-order valence-electron chi connectivity index (χ1n) is 16.6. The summed E-state index contributed by atoms with van der Waals surface area (Å²) >= 11 is 0. The van der Waals surface area contributed by atoms with E-state index < -0.39 is 77.2 Å². The number of halogens is 6. The fourth-order valence-electron chi connectivity index (χ4n) is 7.88. The number of amides is 1. The second-order valence-corrected chi connectivity index (χ2v) is 13.9. The van der Waals surface area contributed by atoms with E-state index in [2.05, 4.69) is 5.32 Å². The van der Waals surface area contributed by atoms with Crippen molar-refractivity contribution in [2.75, 3.05) is 19.7 Å². The highest BCUT2D eigenvalue weighted by molar-refractivity contribution is 6.02. The summed E-state index contributed by atoms with van der Waals surface area (Å²) in [5.41, 5.74) is -5.74. The van der Waals surface area contributed by atoms with Crippen molar-refractivity contribution in [2.24, 2.45) is 12.5 Å². The van der Waals surface area contributed by atoms with E-state index in [0.29, 0.717) is 13.0 Å². The Morgan fingerprint density at radius 3 is 2.18 bits per heavy atom. The summed E-state index contributed by atoms with van der Waals surface area (Å²) < 4.78 is 95.1. The van der Waals surface area contributed by atoms with Crippen molar-refractivity contribution in [1.29, 1.82) is 0 Å². The maximum Gasteiger partial charge on any atom is 0.417 e. The van der Waals surface area contributed by atoms with Crippen LogP contribution in [0.3, 0.4) is 0 Å². The highest BCUT2D eigenvalue weighted by Gasteiger charge is 2.62. The number of hydrogen-bond acceptors (Lipinski definition) is 5. The number of hydrogen-bond donors (Lipinski definition) is 2. The van der Waals surface area contributed by atoms with Gasteiger partial charge >= 0.3 is 18.3 Å². The van der Waals surface area contributed by atoms with Crippen LogP contribution in [-0.4, -0.2) is 70.0 Å². The molecule has 3 aromatic carbocycles. The molecule has 2 aliphatic rings. The number of carbonyl (C=O) groups excluding carboxylic acids is 1. The molecule has 2 saturated heterocycles. The Balaban J connectivity index is 1.35. The van der Waals surface area contributed by atoms with Crippen molar-refractivity contribution in [3.05, 3.63) is 82.1 Å². The Morgan fingerprint density at radius 2 is 1.57 bits per heavy atom. The molecule has 6 rings (SSSR count). The molecule has 0 radical (unpaired) electrons. The van der Waals surface area contributed by atoms with Crippen molar-refractivity contribution in [3.63, 3.8) is 0 Å². The topological polar surface area (TPSA) is 101 Å². The maximum absolute atomic E-state index is 14.7. The zero-order valence-electron chi connectivity index (χ0n) is 28.1. The molecule has 0 spiro atoms. The maximum atomic E-state index is 14.7. The van der Waals surface area contributed by atoms with Crippen LogP contribution in [0.15, 0.2) is 65.5 Å². The zero-order chi connectivity index (χ0) is 37.1. The second kappa shape index (κ2) is 13.0. The number of carbonyl (C=O) groups is 2. The number of pyridine rings is 1. The number of fused-ring (bicyclic) bond motifs is 2. The third kappa shape index (κ3) is 6.37. The van der Waals surface area contributed by atoms with E-state index in [-0.39, 0.29) is 51.9 Å². The van der Waals surface area contributed by atoms with Gasteiger partial charge in [-0.15, -0.1) is 0 Å². The number of ether oxygens (including phenoxy) is 1. The lowest BCUT2D eigenvalue weighted by Crippen LogP contribution is -2.61. The molecule has 0 aliphatic carbocycles. The van der Waals surface area contributed by atoms with Gasteiger partial charge in [-0.05, 0) is 74.2 Å². The lowest BCUT2D eigenvalue weighted by atomic mass is 9.75. The number of piperidine rings is 1. The van der Waals surface area contributed by atoms with Crippen molar-refractivity contribution in [1.82, 2.24) is 14.8 Å². The van der Waals surface area contributed by atoms with Gasteiger partial charge in [-0.3, -0.25) is 14.5 Å². The van der Waals surface area contributed by atoms with Crippen LogP contribution < -0.4 is 10.9 Å². The van der Waals surface area contributed by atoms with Gasteiger partial charge in [0.05, 0.1) is 22.2 Å². The Bertz CT molecular complexity index is 2060. The lowest BCUT2D eigenvalue weighted by Gasteiger charge is -2.45. The van der Waals surface area contributed by atoms with E-state index in [9.17, 15) is 45.8 Å². The molecule has 3 heterocycles. The normalized spacial score (nSPS) is 20.1. The first kappa shape index (κ1) is 36.4. The average molecular weight is 718 g/mol. The number of nitrogens with zero attached hydrogens (tertiary/aromatic N) is 2. The van der Waals surface area contributed by atoms with E-state index in [0.717, 1.165) is 4.57 Å². The van der Waals surface area contributed by atoms with E-state index >= 15 is 0 Å². The minimum atomic E-state index is -4.97. The molecule has 1 unspecified atom stereocenters. The van der Waals surface area contributed by atoms with E-state index in [1.165, 1.54) is 67.7 Å². The van der Waals surface area contributed by atoms with Gasteiger partial charge in [0.1, 0.15) is 11.5 Å². The molecule has 51 heavy (non-hydrogen) atoms. The molecule has 0 saturated carbocycles. The van der Waals surface area contributed by atoms with Crippen molar-refractivity contribution in [3.8, 4) is 11.1 Å². The van der Waals surface area contributed by atoms with Crippen LogP contribution in [0.4, 0.5) is 26.3 Å². The zero-order valence-corrected chi connectivity index (χ0v) is 28.1. The molecular weight excluding hydrogens is 680 g/mol. The standard InChI is InChI=1S/C37H37F6N3O5/c1-34(2)28(14-19-51-34)46-17-15-35(16-18-46,37(41,42)43)33(50)44-26(32(48)49)20-21-8-6-11-23-22(21)10-7-12-24(23)29-30(36(38,39)40)25-9-4-5-13-27(25)45(3)31(29)47/h4-13,26,28H,14-20H2,1-3H3,(H,44,50)(H,48,49)/t26-,28?/m0/s1. The molecule has 272 valence electrons. The highest BCUT2D eigenvalue weighted by atomic mass is 19.4. The number of alkyl halides is 6. The minimum absolute atomic E-state index is 0.0393. The smallest absolute Gasteiger partial charge is 0.417 e. The van der Waals surface area contributed by atoms with E-state index in [1.807, 2.05) is 18.7 Å². The number of para-hydroxylation sites is 1. The molecule has 8 nitrogen and oxygen atoms in total. The predicted octanol–water partition coefficient (Wildman–Crippen LogP) is 6.70. The van der Waals surface area contributed by atoms with Crippen LogP contribution in [0, 0.1) is 5.41 Å². The number of aryl methyl sites for hydroxylation is 1. The van der Waals surface area contributed by atoms with Gasteiger partial charge in [-0.25, -0.2) is 4.79 Å². The summed E-state index contributed by atoms with van der Waals surface area (Å²) in [7, 11) is 1.37. The SMILES string of the molecule is Cn1c(=O)c(-c2cccc3c(C[C@H](NC(=O)C4(C(F)(F)F)CCN(C5CCOC5(C)C)CC4)C(=O)O)cccc23)c(C(F)(F)F)c2ccccc21. The van der Waals surface area contributed by atoms with Gasteiger partial charge in [0.2, 0.25) is 5.91 Å². The molecule has 14 heteroatoms. The predicted molar refractivity (Wildman–Crippen MR) is 178 cm³/mol. The number of benzene rings is 3. The van der Waals surface area contributed by atoms with E-state index in [1.54, 1.807) is 0 Å². The van der Waals surface area contributed by atoms with E-state index in [4.69, 9.17) is 4.74 Å². The third-order valence-electron chi connectivity index (χ3n) is 10.6. The quantitative estimate of drug-likeness (QED) is 0.207. The summed E-state index contributed by atoms with van der Waals surface area (Å²) in [5.74, 6) is -3.03. The van der Waals surface area contributed by atoms with Crippen LogP contribution in [0.2, 0.25) is 0 Å². The largest absolute Gasteiger partial charge is 0.480 e. The van der Waals surface area contributed by atoms with Crippen molar-refractivity contribution < 1.29 is 45.8 Å². The second-order valence-electron chi connectivity index (χ2n) is 13.9. The Labute approximate surface area is 289 Å². The number of likely N-dealkylation sites (tertiary alicyclic amines) is 1. The molecule has 1 amide bonds. The van der Waals surface area contributed by atoms with Gasteiger partial charge in [0, 0.05) is 31.5 Å². The van der Waals surface area contributed by atoms with Gasteiger partial charge in [0.15, 0.2) is 0 Å². The number of aliphatic carboxylic acids is 1.